The molecule has 1 N–H and O–H groups in total. The molecule has 2 fully saturated rings. The van der Waals surface area contributed by atoms with Crippen LogP contribution in [0.25, 0.3) is 0 Å². The third-order valence-electron chi connectivity index (χ3n) is 6.12. The summed E-state index contributed by atoms with van der Waals surface area (Å²) in [6.45, 7) is 0.750. The Labute approximate surface area is 183 Å². The lowest BCUT2D eigenvalue weighted by atomic mass is 9.86. The van der Waals surface area contributed by atoms with Gasteiger partial charge in [0, 0.05) is 6.54 Å². The first-order chi connectivity index (χ1) is 15.3. The first-order valence-electron chi connectivity index (χ1n) is 10.7. The Morgan fingerprint density at radius 2 is 1.81 bits per heavy atom. The summed E-state index contributed by atoms with van der Waals surface area (Å²) < 4.78 is 74.4. The van der Waals surface area contributed by atoms with Gasteiger partial charge in [-0.15, -0.1) is 0 Å². The molecule has 1 aliphatic heterocycles. The summed E-state index contributed by atoms with van der Waals surface area (Å²) in [6.07, 6.45) is 0.229. The highest BCUT2D eigenvalue weighted by atomic mass is 19.4. The number of nitrogens with zero attached hydrogens (tertiary/aromatic N) is 3. The Bertz CT molecular complexity index is 916. The van der Waals surface area contributed by atoms with Gasteiger partial charge in [-0.25, -0.2) is 14.4 Å². The minimum atomic E-state index is -4.44. The molecule has 1 saturated heterocycles. The fourth-order valence-corrected chi connectivity index (χ4v) is 4.32. The molecule has 2 aromatic rings. The highest BCUT2D eigenvalue weighted by Crippen LogP contribution is 2.35. The van der Waals surface area contributed by atoms with Gasteiger partial charge in [0.2, 0.25) is 5.82 Å². The molecule has 1 aliphatic carbocycles. The number of rotatable bonds is 5. The summed E-state index contributed by atoms with van der Waals surface area (Å²) in [4.78, 5) is 9.67. The summed E-state index contributed by atoms with van der Waals surface area (Å²) in [7, 11) is 0. The molecule has 5 nitrogen and oxygen atoms in total. The molecule has 32 heavy (non-hydrogen) atoms. The monoisotopic (exact) mass is 456 g/mol. The van der Waals surface area contributed by atoms with Gasteiger partial charge in [0.05, 0.1) is 31.4 Å². The van der Waals surface area contributed by atoms with Gasteiger partial charge in [-0.05, 0) is 30.5 Å². The average Bonchev–Trinajstić information content (AvgIpc) is 2.78. The van der Waals surface area contributed by atoms with E-state index in [2.05, 4.69) is 15.3 Å². The lowest BCUT2D eigenvalue weighted by Crippen LogP contribution is -2.41. The summed E-state index contributed by atoms with van der Waals surface area (Å²) in [5.41, 5.74) is -1.60. The van der Waals surface area contributed by atoms with Gasteiger partial charge < -0.3 is 15.0 Å². The summed E-state index contributed by atoms with van der Waals surface area (Å²) >= 11 is 0. The number of ether oxygens (including phenoxy) is 1. The largest absolute Gasteiger partial charge is 0.416 e. The lowest BCUT2D eigenvalue weighted by Gasteiger charge is -2.37. The van der Waals surface area contributed by atoms with Crippen molar-refractivity contribution >= 4 is 11.6 Å². The second-order valence-electron chi connectivity index (χ2n) is 8.33. The molecular weight excluding hydrogens is 431 g/mol. The van der Waals surface area contributed by atoms with Crippen LogP contribution in [0.2, 0.25) is 0 Å². The van der Waals surface area contributed by atoms with Crippen LogP contribution in [0.15, 0.2) is 30.6 Å². The number of aromatic nitrogens is 2. The molecule has 0 radical (unpaired) electrons. The van der Waals surface area contributed by atoms with Crippen molar-refractivity contribution in [2.24, 2.45) is 0 Å². The zero-order valence-electron chi connectivity index (χ0n) is 17.5. The fraction of sp³-hybridized carbons (Fsp3) is 0.545. The van der Waals surface area contributed by atoms with Gasteiger partial charge in [0.25, 0.3) is 0 Å². The predicted molar refractivity (Wildman–Crippen MR) is 110 cm³/mol. The van der Waals surface area contributed by atoms with E-state index in [4.69, 9.17) is 4.74 Å². The molecular formula is C22H25F5N4O. The van der Waals surface area contributed by atoms with Crippen molar-refractivity contribution in [2.45, 2.75) is 50.0 Å². The van der Waals surface area contributed by atoms with E-state index in [1.807, 2.05) is 0 Å². The number of anilines is 2. The second kappa shape index (κ2) is 9.17. The van der Waals surface area contributed by atoms with Gasteiger partial charge >= 0.3 is 6.18 Å². The van der Waals surface area contributed by atoms with Crippen molar-refractivity contribution in [1.29, 1.82) is 0 Å². The quantitative estimate of drug-likeness (QED) is 0.619. The van der Waals surface area contributed by atoms with Crippen molar-refractivity contribution in [3.63, 3.8) is 0 Å². The highest BCUT2D eigenvalue weighted by Gasteiger charge is 2.34. The smallest absolute Gasteiger partial charge is 0.377 e. The van der Waals surface area contributed by atoms with Crippen LogP contribution in [-0.2, 0) is 10.9 Å². The van der Waals surface area contributed by atoms with Crippen LogP contribution in [0, 0.1) is 5.82 Å². The molecule has 2 aliphatic rings. The Kier molecular flexibility index (Phi) is 6.50. The lowest BCUT2D eigenvalue weighted by molar-refractivity contribution is -0.137. The van der Waals surface area contributed by atoms with E-state index in [1.165, 1.54) is 18.5 Å². The Morgan fingerprint density at radius 3 is 2.50 bits per heavy atom. The van der Waals surface area contributed by atoms with E-state index in [9.17, 15) is 17.6 Å². The average molecular weight is 456 g/mol. The number of alkyl halides is 4. The van der Waals surface area contributed by atoms with Crippen LogP contribution in [0.3, 0.4) is 0 Å². The minimum absolute atomic E-state index is 0.00671. The number of nitrogens with one attached hydrogen (secondary N) is 1. The van der Waals surface area contributed by atoms with Gasteiger partial charge in [0.15, 0.2) is 11.6 Å². The molecule has 1 aromatic carbocycles. The Balaban J connectivity index is 1.55. The second-order valence-corrected chi connectivity index (χ2v) is 8.33. The first-order valence-corrected chi connectivity index (χ1v) is 10.7. The van der Waals surface area contributed by atoms with Crippen molar-refractivity contribution < 1.29 is 26.7 Å². The maximum atomic E-state index is 15.3. The molecule has 0 bridgehead atoms. The van der Waals surface area contributed by atoms with Gasteiger partial charge in [-0.3, -0.25) is 0 Å². The molecule has 0 amide bonds. The molecule has 4 rings (SSSR count). The predicted octanol–water partition coefficient (Wildman–Crippen LogP) is 5.30. The van der Waals surface area contributed by atoms with Gasteiger partial charge in [-0.1, -0.05) is 31.4 Å². The molecule has 0 spiro atoms. The topological polar surface area (TPSA) is 50.3 Å². The molecule has 10 heteroatoms. The molecule has 1 atom stereocenters. The van der Waals surface area contributed by atoms with E-state index in [0.29, 0.717) is 31.6 Å². The maximum Gasteiger partial charge on any atom is 0.416 e. The van der Waals surface area contributed by atoms with Crippen molar-refractivity contribution in [2.75, 3.05) is 36.5 Å². The van der Waals surface area contributed by atoms with Crippen LogP contribution < -0.4 is 10.2 Å². The molecule has 1 aromatic heterocycles. The number of benzene rings is 1. The van der Waals surface area contributed by atoms with E-state index >= 15 is 4.39 Å². The standard InChI is InChI=1S/C22H25F5N4O/c23-18-19(28-13-21(24)8-2-1-3-9-21)29-14-30-20(18)31-10-11-32-12-17(31)15-4-6-16(7-5-15)22(25,26)27/h4-7,14,17H,1-3,8-13H2,(H,28,29,30)/t17-/m1/s1. The van der Waals surface area contributed by atoms with Crippen LogP contribution in [0.1, 0.15) is 49.3 Å². The third kappa shape index (κ3) is 4.95. The maximum absolute atomic E-state index is 15.3. The van der Waals surface area contributed by atoms with Crippen molar-refractivity contribution in [3.05, 3.63) is 47.5 Å². The van der Waals surface area contributed by atoms with Gasteiger partial charge in [-0.2, -0.15) is 17.6 Å². The normalized spacial score (nSPS) is 21.4. The van der Waals surface area contributed by atoms with Crippen LogP contribution in [-0.4, -0.2) is 41.9 Å². The van der Waals surface area contributed by atoms with E-state index in [1.54, 1.807) is 4.90 Å². The van der Waals surface area contributed by atoms with Crippen LogP contribution >= 0.6 is 0 Å². The van der Waals surface area contributed by atoms with E-state index in [0.717, 1.165) is 31.4 Å². The number of halogens is 5. The summed E-state index contributed by atoms with van der Waals surface area (Å²) in [6, 6.07) is 4.20. The minimum Gasteiger partial charge on any atom is -0.377 e. The van der Waals surface area contributed by atoms with E-state index in [-0.39, 0.29) is 24.8 Å². The van der Waals surface area contributed by atoms with Crippen LogP contribution in [0.5, 0.6) is 0 Å². The third-order valence-corrected chi connectivity index (χ3v) is 6.12. The first kappa shape index (κ1) is 22.7. The Morgan fingerprint density at radius 1 is 1.09 bits per heavy atom. The SMILES string of the molecule is Fc1c(NCC2(F)CCCCC2)ncnc1N1CCOC[C@@H]1c1ccc(C(F)(F)F)cc1. The summed E-state index contributed by atoms with van der Waals surface area (Å²) in [5, 5.41) is 2.80. The number of hydrogen-bond donors (Lipinski definition) is 1. The number of hydrogen-bond acceptors (Lipinski definition) is 5. The zero-order valence-corrected chi connectivity index (χ0v) is 17.5. The number of morpholine rings is 1. The highest BCUT2D eigenvalue weighted by molar-refractivity contribution is 5.53. The summed E-state index contributed by atoms with van der Waals surface area (Å²) in [5.74, 6) is -0.798. The molecule has 174 valence electrons. The fourth-order valence-electron chi connectivity index (χ4n) is 4.32. The van der Waals surface area contributed by atoms with Gasteiger partial charge in [0.1, 0.15) is 12.0 Å². The van der Waals surface area contributed by atoms with E-state index < -0.39 is 29.3 Å². The molecule has 2 heterocycles. The molecule has 0 unspecified atom stereocenters. The zero-order chi connectivity index (χ0) is 22.8. The van der Waals surface area contributed by atoms with Crippen molar-refractivity contribution in [3.8, 4) is 0 Å². The van der Waals surface area contributed by atoms with Crippen LogP contribution in [0.4, 0.5) is 33.6 Å². The Hall–Kier alpha value is -2.49. The molecule has 1 saturated carbocycles. The van der Waals surface area contributed by atoms with Crippen molar-refractivity contribution in [1.82, 2.24) is 9.97 Å².